The quantitative estimate of drug-likeness (QED) is 0.720. The number of hydrogen-bond acceptors (Lipinski definition) is 4. The van der Waals surface area contributed by atoms with Crippen molar-refractivity contribution in [3.63, 3.8) is 0 Å². The Morgan fingerprint density at radius 1 is 1.44 bits per heavy atom. The number of carbonyl (C=O) groups excluding carboxylic acids is 1. The Kier molecular flexibility index (Phi) is 4.29. The van der Waals surface area contributed by atoms with Crippen LogP contribution in [0.1, 0.15) is 33.6 Å². The summed E-state index contributed by atoms with van der Waals surface area (Å²) in [7, 11) is 0. The van der Waals surface area contributed by atoms with Crippen molar-refractivity contribution in [3.8, 4) is 0 Å². The van der Waals surface area contributed by atoms with Gasteiger partial charge in [-0.3, -0.25) is 4.79 Å². The molecule has 0 aliphatic carbocycles. The summed E-state index contributed by atoms with van der Waals surface area (Å²) in [5.41, 5.74) is 9.79. The lowest BCUT2D eigenvalue weighted by molar-refractivity contribution is -0.131. The van der Waals surface area contributed by atoms with E-state index < -0.39 is 11.4 Å². The van der Waals surface area contributed by atoms with Crippen molar-refractivity contribution in [1.82, 2.24) is 0 Å². The third kappa shape index (κ3) is 3.73. The highest BCUT2D eigenvalue weighted by Gasteiger charge is 2.30. The van der Waals surface area contributed by atoms with Gasteiger partial charge in [0.05, 0.1) is 24.9 Å². The van der Waals surface area contributed by atoms with E-state index in [1.165, 1.54) is 0 Å². The number of ether oxygens (including phenoxy) is 2. The summed E-state index contributed by atoms with van der Waals surface area (Å²) in [5, 5.41) is 0. The van der Waals surface area contributed by atoms with Crippen LogP contribution in [-0.4, -0.2) is 36.4 Å². The molecule has 0 aromatic heterocycles. The van der Waals surface area contributed by atoms with E-state index in [-0.39, 0.29) is 24.9 Å². The Labute approximate surface area is 96.5 Å². The first-order valence-electron chi connectivity index (χ1n) is 5.67. The van der Waals surface area contributed by atoms with E-state index in [0.717, 1.165) is 12.8 Å². The molecule has 0 spiro atoms. The molecule has 3 atom stereocenters. The third-order valence-electron chi connectivity index (χ3n) is 2.84. The van der Waals surface area contributed by atoms with E-state index in [4.69, 9.17) is 20.9 Å². The van der Waals surface area contributed by atoms with E-state index in [1.54, 1.807) is 6.92 Å². The van der Waals surface area contributed by atoms with Crippen LogP contribution in [0, 0.1) is 0 Å². The highest BCUT2D eigenvalue weighted by Crippen LogP contribution is 2.22. The molecule has 1 aliphatic heterocycles. The topological polar surface area (TPSA) is 87.6 Å². The molecule has 1 fully saturated rings. The molecular formula is C11H22N2O3. The van der Waals surface area contributed by atoms with Crippen molar-refractivity contribution in [3.05, 3.63) is 0 Å². The Hall–Kier alpha value is -0.650. The van der Waals surface area contributed by atoms with Crippen molar-refractivity contribution >= 4 is 5.91 Å². The number of hydrogen-bond donors (Lipinski definition) is 2. The average molecular weight is 230 g/mol. The van der Waals surface area contributed by atoms with Crippen LogP contribution in [0.2, 0.25) is 0 Å². The molecule has 1 heterocycles. The first kappa shape index (κ1) is 13.4. The predicted molar refractivity (Wildman–Crippen MR) is 60.8 cm³/mol. The molecule has 3 unspecified atom stereocenters. The minimum Gasteiger partial charge on any atom is -0.376 e. The third-order valence-corrected chi connectivity index (χ3v) is 2.84. The van der Waals surface area contributed by atoms with E-state index in [2.05, 4.69) is 0 Å². The summed E-state index contributed by atoms with van der Waals surface area (Å²) in [6.07, 6.45) is 2.14. The van der Waals surface area contributed by atoms with Crippen molar-refractivity contribution in [2.24, 2.45) is 11.5 Å². The Morgan fingerprint density at radius 2 is 1.94 bits per heavy atom. The maximum absolute atomic E-state index is 11.0. The first-order valence-corrected chi connectivity index (χ1v) is 5.67. The van der Waals surface area contributed by atoms with Crippen LogP contribution in [0.15, 0.2) is 0 Å². The number of nitrogens with two attached hydrogens (primary N) is 2. The monoisotopic (exact) mass is 230 g/mol. The highest BCUT2D eigenvalue weighted by atomic mass is 16.5. The maximum atomic E-state index is 11.0. The zero-order chi connectivity index (χ0) is 12.3. The molecule has 1 saturated heterocycles. The standard InChI is InChI=1S/C11H22N2O3/c1-7-4-9(5-8(2)16-7)15-6-11(3,13)10(12)14/h7-9H,4-6,13H2,1-3H3,(H2,12,14). The molecule has 0 saturated carbocycles. The van der Waals surface area contributed by atoms with Gasteiger partial charge >= 0.3 is 0 Å². The van der Waals surface area contributed by atoms with E-state index >= 15 is 0 Å². The lowest BCUT2D eigenvalue weighted by atomic mass is 10.0. The summed E-state index contributed by atoms with van der Waals surface area (Å²) in [6, 6.07) is 0. The lowest BCUT2D eigenvalue weighted by Gasteiger charge is -2.33. The van der Waals surface area contributed by atoms with Gasteiger partial charge in [0.15, 0.2) is 0 Å². The second kappa shape index (κ2) is 5.12. The SMILES string of the molecule is CC1CC(OCC(C)(N)C(N)=O)CC(C)O1. The lowest BCUT2D eigenvalue weighted by Crippen LogP contribution is -2.53. The second-order valence-corrected chi connectivity index (χ2v) is 4.94. The van der Waals surface area contributed by atoms with Gasteiger partial charge in [-0.25, -0.2) is 0 Å². The smallest absolute Gasteiger partial charge is 0.239 e. The molecule has 1 rings (SSSR count). The zero-order valence-corrected chi connectivity index (χ0v) is 10.2. The molecule has 1 aliphatic rings. The van der Waals surface area contributed by atoms with Gasteiger partial charge < -0.3 is 20.9 Å². The summed E-state index contributed by atoms with van der Waals surface area (Å²) < 4.78 is 11.2. The zero-order valence-electron chi connectivity index (χ0n) is 10.2. The summed E-state index contributed by atoms with van der Waals surface area (Å²) in [4.78, 5) is 11.0. The van der Waals surface area contributed by atoms with Gasteiger partial charge in [0, 0.05) is 0 Å². The molecular weight excluding hydrogens is 208 g/mol. The first-order chi connectivity index (χ1) is 7.31. The predicted octanol–water partition coefficient (Wildman–Crippen LogP) is 0.162. The van der Waals surface area contributed by atoms with Crippen molar-refractivity contribution in [2.45, 2.75) is 57.5 Å². The van der Waals surface area contributed by atoms with Crippen LogP contribution in [-0.2, 0) is 14.3 Å². The fourth-order valence-electron chi connectivity index (χ4n) is 1.84. The molecule has 5 nitrogen and oxygen atoms in total. The molecule has 1 amide bonds. The van der Waals surface area contributed by atoms with Crippen LogP contribution < -0.4 is 11.5 Å². The van der Waals surface area contributed by atoms with E-state index in [9.17, 15) is 4.79 Å². The minimum atomic E-state index is -1.09. The Morgan fingerprint density at radius 3 is 2.38 bits per heavy atom. The van der Waals surface area contributed by atoms with Crippen LogP contribution in [0.3, 0.4) is 0 Å². The number of rotatable bonds is 4. The van der Waals surface area contributed by atoms with Crippen molar-refractivity contribution in [2.75, 3.05) is 6.61 Å². The van der Waals surface area contributed by atoms with Crippen LogP contribution in [0.25, 0.3) is 0 Å². The van der Waals surface area contributed by atoms with E-state index in [0.29, 0.717) is 0 Å². The molecule has 94 valence electrons. The van der Waals surface area contributed by atoms with Gasteiger partial charge in [-0.2, -0.15) is 0 Å². The van der Waals surface area contributed by atoms with Gasteiger partial charge in [0.25, 0.3) is 0 Å². The normalized spacial score (nSPS) is 34.4. The van der Waals surface area contributed by atoms with Crippen molar-refractivity contribution in [1.29, 1.82) is 0 Å². The molecule has 0 radical (unpaired) electrons. The minimum absolute atomic E-state index is 0.0981. The molecule has 0 aromatic carbocycles. The van der Waals surface area contributed by atoms with E-state index in [1.807, 2.05) is 13.8 Å². The summed E-state index contributed by atoms with van der Waals surface area (Å²) in [6.45, 7) is 5.78. The van der Waals surface area contributed by atoms with Gasteiger partial charge in [0.1, 0.15) is 5.54 Å². The molecule has 0 bridgehead atoms. The number of primary amides is 1. The van der Waals surface area contributed by atoms with Gasteiger partial charge in [-0.1, -0.05) is 0 Å². The van der Waals surface area contributed by atoms with Gasteiger partial charge in [-0.15, -0.1) is 0 Å². The van der Waals surface area contributed by atoms with Crippen LogP contribution in [0.5, 0.6) is 0 Å². The molecule has 5 heteroatoms. The van der Waals surface area contributed by atoms with Crippen LogP contribution >= 0.6 is 0 Å². The number of amides is 1. The van der Waals surface area contributed by atoms with Crippen molar-refractivity contribution < 1.29 is 14.3 Å². The Bertz CT molecular complexity index is 246. The summed E-state index contributed by atoms with van der Waals surface area (Å²) >= 11 is 0. The van der Waals surface area contributed by atoms with Crippen LogP contribution in [0.4, 0.5) is 0 Å². The van der Waals surface area contributed by atoms with Gasteiger partial charge in [-0.05, 0) is 33.6 Å². The molecule has 0 aromatic rings. The highest BCUT2D eigenvalue weighted by molar-refractivity contribution is 5.83. The fraction of sp³-hybridized carbons (Fsp3) is 0.909. The average Bonchev–Trinajstić information content (AvgIpc) is 2.13. The molecule has 16 heavy (non-hydrogen) atoms. The Balaban J connectivity index is 2.40. The maximum Gasteiger partial charge on any atom is 0.239 e. The molecule has 4 N–H and O–H groups in total. The largest absolute Gasteiger partial charge is 0.376 e. The van der Waals surface area contributed by atoms with Gasteiger partial charge in [0.2, 0.25) is 5.91 Å². The second-order valence-electron chi connectivity index (χ2n) is 4.94. The summed E-state index contributed by atoms with van der Waals surface area (Å²) in [5.74, 6) is -0.541. The fourth-order valence-corrected chi connectivity index (χ4v) is 1.84. The number of carbonyl (C=O) groups is 1.